The Bertz CT molecular complexity index is 1380. The highest BCUT2D eigenvalue weighted by atomic mass is 35.5. The molecular weight excluding hydrogens is 486 g/mol. The highest BCUT2D eigenvalue weighted by Gasteiger charge is 2.33. The van der Waals surface area contributed by atoms with Gasteiger partial charge >= 0.3 is 0 Å². The molecule has 2 aromatic heterocycles. The van der Waals surface area contributed by atoms with Crippen molar-refractivity contribution in [2.45, 2.75) is 25.2 Å². The molecule has 9 nitrogen and oxygen atoms in total. The summed E-state index contributed by atoms with van der Waals surface area (Å²) in [5.41, 5.74) is 2.45. The molecule has 0 radical (unpaired) electrons. The fourth-order valence-corrected chi connectivity index (χ4v) is 4.89. The van der Waals surface area contributed by atoms with Gasteiger partial charge in [-0.1, -0.05) is 11.6 Å². The van der Waals surface area contributed by atoms with E-state index in [0.717, 1.165) is 46.8 Å². The van der Waals surface area contributed by atoms with E-state index in [0.29, 0.717) is 29.2 Å². The number of aliphatic imine (C=N–C) groups is 1. The van der Waals surface area contributed by atoms with E-state index in [1.807, 2.05) is 41.8 Å². The molecule has 1 fully saturated rings. The first-order chi connectivity index (χ1) is 17.2. The number of hydrogen-bond donors (Lipinski definition) is 3. The number of nitrogens with zero attached hydrogens (tertiary/aromatic N) is 4. The van der Waals surface area contributed by atoms with Crippen LogP contribution in [0.5, 0.6) is 5.75 Å². The minimum Gasteiger partial charge on any atom is -0.485 e. The lowest BCUT2D eigenvalue weighted by Crippen LogP contribution is -2.41. The number of amidine groups is 1. The molecule has 11 heteroatoms. The second kappa shape index (κ2) is 9.65. The van der Waals surface area contributed by atoms with Crippen molar-refractivity contribution in [1.82, 2.24) is 20.3 Å². The van der Waals surface area contributed by atoms with Crippen LogP contribution in [0.3, 0.4) is 0 Å². The van der Waals surface area contributed by atoms with Gasteiger partial charge in [0.25, 0.3) is 6.02 Å². The zero-order valence-electron chi connectivity index (χ0n) is 18.6. The van der Waals surface area contributed by atoms with Crippen LogP contribution in [0.15, 0.2) is 59.3 Å². The Kier molecular flexibility index (Phi) is 6.07. The van der Waals surface area contributed by atoms with Crippen molar-refractivity contribution in [2.75, 3.05) is 23.7 Å². The third-order valence-electron chi connectivity index (χ3n) is 5.85. The molecule has 2 aliphatic rings. The van der Waals surface area contributed by atoms with Gasteiger partial charge < -0.3 is 25.4 Å². The number of fused-ring (bicyclic) bond motifs is 2. The number of halogens is 1. The smallest absolute Gasteiger partial charge is 0.290 e. The standard InChI is InChI=1S/C24H22ClN7O2S/c25-17-10-15(2-4-20(17)33-12-22-27-7-8-35-22)30-23-16-9-14(1-3-18(16)28-13-29-23)31-24-32-19-11-26-6-5-21(19)34-24/h1-4,7-10,13,19,21,26H,5-6,11-12H2,(H,31,32)(H,28,29,30). The Hall–Kier alpha value is -3.47. The molecule has 0 bridgehead atoms. The molecule has 2 aromatic carbocycles. The molecule has 3 N–H and O–H groups in total. The van der Waals surface area contributed by atoms with Gasteiger partial charge in [-0.25, -0.2) is 19.9 Å². The van der Waals surface area contributed by atoms with Gasteiger partial charge in [0, 0.05) is 34.9 Å². The van der Waals surface area contributed by atoms with E-state index in [-0.39, 0.29) is 12.1 Å². The van der Waals surface area contributed by atoms with E-state index in [9.17, 15) is 0 Å². The Morgan fingerprint density at radius 2 is 2.03 bits per heavy atom. The fraction of sp³-hybridized carbons (Fsp3) is 0.250. The molecule has 1 saturated heterocycles. The van der Waals surface area contributed by atoms with Crippen molar-refractivity contribution in [2.24, 2.45) is 4.99 Å². The lowest BCUT2D eigenvalue weighted by atomic mass is 10.1. The minimum atomic E-state index is 0.137. The summed E-state index contributed by atoms with van der Waals surface area (Å²) in [5, 5.41) is 14.2. The number of thiazole rings is 1. The third-order valence-corrected chi connectivity index (χ3v) is 6.90. The van der Waals surface area contributed by atoms with Gasteiger partial charge in [0.1, 0.15) is 41.7 Å². The number of piperidine rings is 1. The van der Waals surface area contributed by atoms with Crippen molar-refractivity contribution in [3.63, 3.8) is 0 Å². The predicted octanol–water partition coefficient (Wildman–Crippen LogP) is 4.59. The number of nitrogens with one attached hydrogen (secondary N) is 3. The largest absolute Gasteiger partial charge is 0.485 e. The zero-order chi connectivity index (χ0) is 23.6. The van der Waals surface area contributed by atoms with E-state index >= 15 is 0 Å². The van der Waals surface area contributed by atoms with Gasteiger partial charge in [-0.15, -0.1) is 11.3 Å². The Labute approximate surface area is 210 Å². The summed E-state index contributed by atoms with van der Waals surface area (Å²) < 4.78 is 11.8. The Morgan fingerprint density at radius 3 is 2.89 bits per heavy atom. The molecule has 0 saturated carbocycles. The monoisotopic (exact) mass is 507 g/mol. The number of anilines is 3. The minimum absolute atomic E-state index is 0.137. The quantitative estimate of drug-likeness (QED) is 0.348. The van der Waals surface area contributed by atoms with Crippen molar-refractivity contribution in [3.8, 4) is 5.75 Å². The molecule has 4 aromatic rings. The van der Waals surface area contributed by atoms with E-state index in [2.05, 4.69) is 35.9 Å². The molecule has 2 atom stereocenters. The number of ether oxygens (including phenoxy) is 2. The van der Waals surface area contributed by atoms with Gasteiger partial charge in [0.2, 0.25) is 0 Å². The van der Waals surface area contributed by atoms with E-state index in [1.54, 1.807) is 17.5 Å². The Balaban J connectivity index is 1.19. The molecule has 2 unspecified atom stereocenters. The first-order valence-electron chi connectivity index (χ1n) is 11.3. The first kappa shape index (κ1) is 22.0. The number of hydrogen-bond acceptors (Lipinski definition) is 10. The maximum absolute atomic E-state index is 6.47. The lowest BCUT2D eigenvalue weighted by Gasteiger charge is -2.22. The maximum atomic E-state index is 6.47. The van der Waals surface area contributed by atoms with Gasteiger partial charge in [-0.2, -0.15) is 0 Å². The first-order valence-corrected chi connectivity index (χ1v) is 12.5. The summed E-state index contributed by atoms with van der Waals surface area (Å²) in [5.74, 6) is 1.26. The molecule has 178 valence electrons. The van der Waals surface area contributed by atoms with Crippen LogP contribution in [-0.4, -0.2) is 46.2 Å². The van der Waals surface area contributed by atoms with E-state index < -0.39 is 0 Å². The fourth-order valence-electron chi connectivity index (χ4n) is 4.12. The number of rotatable bonds is 6. The van der Waals surface area contributed by atoms with Crippen LogP contribution < -0.4 is 20.7 Å². The van der Waals surface area contributed by atoms with Gasteiger partial charge in [-0.05, 0) is 49.4 Å². The molecule has 2 aliphatic heterocycles. The van der Waals surface area contributed by atoms with Gasteiger partial charge in [0.05, 0.1) is 10.5 Å². The van der Waals surface area contributed by atoms with Crippen LogP contribution >= 0.6 is 22.9 Å². The van der Waals surface area contributed by atoms with Crippen molar-refractivity contribution in [1.29, 1.82) is 0 Å². The van der Waals surface area contributed by atoms with Crippen LogP contribution in [0.4, 0.5) is 17.2 Å². The van der Waals surface area contributed by atoms with Crippen molar-refractivity contribution in [3.05, 3.63) is 64.3 Å². The molecule has 6 rings (SSSR count). The molecule has 0 aliphatic carbocycles. The van der Waals surface area contributed by atoms with Crippen LogP contribution in [0, 0.1) is 0 Å². The van der Waals surface area contributed by atoms with E-state index in [4.69, 9.17) is 21.1 Å². The Morgan fingerprint density at radius 1 is 1.11 bits per heavy atom. The highest BCUT2D eigenvalue weighted by Crippen LogP contribution is 2.32. The molecule has 0 amide bonds. The maximum Gasteiger partial charge on any atom is 0.290 e. The average Bonchev–Trinajstić information content (AvgIpc) is 3.53. The highest BCUT2D eigenvalue weighted by molar-refractivity contribution is 7.09. The summed E-state index contributed by atoms with van der Waals surface area (Å²) in [4.78, 5) is 17.7. The SMILES string of the molecule is Clc1cc(Nc2ncnc3ccc(NC4=NC5CNCCC5O4)cc23)ccc1OCc1nccs1. The van der Waals surface area contributed by atoms with Gasteiger partial charge in [-0.3, -0.25) is 0 Å². The predicted molar refractivity (Wildman–Crippen MR) is 138 cm³/mol. The summed E-state index contributed by atoms with van der Waals surface area (Å²) in [6, 6.07) is 12.1. The summed E-state index contributed by atoms with van der Waals surface area (Å²) in [6.07, 6.45) is 4.38. The summed E-state index contributed by atoms with van der Waals surface area (Å²) in [6.45, 7) is 2.17. The summed E-state index contributed by atoms with van der Waals surface area (Å²) in [7, 11) is 0. The lowest BCUT2D eigenvalue weighted by molar-refractivity contribution is 0.160. The molecule has 0 spiro atoms. The van der Waals surface area contributed by atoms with Crippen LogP contribution in [0.2, 0.25) is 5.02 Å². The number of benzene rings is 2. The van der Waals surface area contributed by atoms with Crippen molar-refractivity contribution >= 4 is 57.1 Å². The average molecular weight is 508 g/mol. The van der Waals surface area contributed by atoms with Gasteiger partial charge in [0.15, 0.2) is 0 Å². The van der Waals surface area contributed by atoms with Crippen molar-refractivity contribution < 1.29 is 9.47 Å². The van der Waals surface area contributed by atoms with Crippen LogP contribution in [0.1, 0.15) is 11.4 Å². The zero-order valence-corrected chi connectivity index (χ0v) is 20.1. The molecular formula is C24H22ClN7O2S. The topological polar surface area (TPSA) is 106 Å². The third kappa shape index (κ3) is 4.86. The second-order valence-corrected chi connectivity index (χ2v) is 9.60. The van der Waals surface area contributed by atoms with Crippen LogP contribution in [-0.2, 0) is 11.3 Å². The van der Waals surface area contributed by atoms with Crippen LogP contribution in [0.25, 0.3) is 10.9 Å². The molecule has 4 heterocycles. The number of aromatic nitrogens is 3. The molecule has 35 heavy (non-hydrogen) atoms. The normalized spacial score (nSPS) is 19.1. The summed E-state index contributed by atoms with van der Waals surface area (Å²) >= 11 is 8.01. The van der Waals surface area contributed by atoms with E-state index in [1.165, 1.54) is 6.33 Å². The second-order valence-electron chi connectivity index (χ2n) is 8.21.